The molecule has 1 amide bonds. The highest BCUT2D eigenvalue weighted by molar-refractivity contribution is 6.61. The van der Waals surface area contributed by atoms with Gasteiger partial charge in [-0.3, -0.25) is 4.79 Å². The van der Waals surface area contributed by atoms with E-state index in [9.17, 15) is 14.6 Å². The number of ether oxygens (including phenoxy) is 2. The summed E-state index contributed by atoms with van der Waals surface area (Å²) in [5.74, 6) is 0.491. The molecule has 3 fully saturated rings. The summed E-state index contributed by atoms with van der Waals surface area (Å²) in [6.07, 6.45) is 5.06. The largest absolute Gasteiger partial charge is 0.491 e. The van der Waals surface area contributed by atoms with Gasteiger partial charge in [0, 0.05) is 42.7 Å². The van der Waals surface area contributed by atoms with E-state index < -0.39 is 24.7 Å². The minimum Gasteiger partial charge on any atom is -0.446 e. The SMILES string of the molecule is C=C[C@]1(C)C[C@@H](OC(=O)NCc2ccc3c(c2)B(O)OC3)[C@]2(C)[C@H](C)CC[C@]3(CC[C@@H](OC)[C@@H]32)[C@@H](C)C1=O. The lowest BCUT2D eigenvalue weighted by molar-refractivity contribution is -0.188. The van der Waals surface area contributed by atoms with Gasteiger partial charge in [0.1, 0.15) is 11.9 Å². The van der Waals surface area contributed by atoms with E-state index in [4.69, 9.17) is 14.1 Å². The summed E-state index contributed by atoms with van der Waals surface area (Å²) in [5.41, 5.74) is 1.22. The maximum atomic E-state index is 14.0. The van der Waals surface area contributed by atoms with Gasteiger partial charge in [0.25, 0.3) is 0 Å². The van der Waals surface area contributed by atoms with E-state index in [1.54, 1.807) is 13.2 Å². The number of hydrogen-bond donors (Lipinski definition) is 2. The van der Waals surface area contributed by atoms with Gasteiger partial charge in [0.15, 0.2) is 0 Å². The van der Waals surface area contributed by atoms with E-state index in [1.807, 2.05) is 25.1 Å². The summed E-state index contributed by atoms with van der Waals surface area (Å²) in [4.78, 5) is 27.4. The van der Waals surface area contributed by atoms with Crippen LogP contribution >= 0.6 is 0 Å². The summed E-state index contributed by atoms with van der Waals surface area (Å²) >= 11 is 0. The molecular weight excluding hydrogens is 481 g/mol. The van der Waals surface area contributed by atoms with Crippen molar-refractivity contribution in [2.24, 2.45) is 34.0 Å². The minimum atomic E-state index is -0.934. The Morgan fingerprint density at radius 3 is 2.74 bits per heavy atom. The number of benzene rings is 1. The van der Waals surface area contributed by atoms with E-state index >= 15 is 0 Å². The van der Waals surface area contributed by atoms with Crippen LogP contribution in [-0.2, 0) is 32.1 Å². The number of carbonyl (C=O) groups is 2. The molecular formula is C30H42BNO6. The molecule has 0 spiro atoms. The Morgan fingerprint density at radius 2 is 2.03 bits per heavy atom. The zero-order valence-corrected chi connectivity index (χ0v) is 23.4. The molecule has 206 valence electrons. The van der Waals surface area contributed by atoms with Gasteiger partial charge in [-0.15, -0.1) is 6.58 Å². The quantitative estimate of drug-likeness (QED) is 0.445. The number of alkyl carbamates (subject to hydrolysis) is 1. The van der Waals surface area contributed by atoms with Crippen LogP contribution in [0.4, 0.5) is 4.79 Å². The summed E-state index contributed by atoms with van der Waals surface area (Å²) in [5, 5.41) is 13.0. The number of carbonyl (C=O) groups excluding carboxylic acids is 2. The fourth-order valence-corrected chi connectivity index (χ4v) is 8.51. The van der Waals surface area contributed by atoms with Crippen LogP contribution in [0.15, 0.2) is 30.9 Å². The van der Waals surface area contributed by atoms with Gasteiger partial charge >= 0.3 is 13.2 Å². The Labute approximate surface area is 226 Å². The number of ketones is 1. The second kappa shape index (κ2) is 9.79. The number of allylic oxidation sites excluding steroid dienone is 1. The molecule has 2 N–H and O–H groups in total. The predicted molar refractivity (Wildman–Crippen MR) is 145 cm³/mol. The van der Waals surface area contributed by atoms with E-state index in [-0.39, 0.29) is 41.1 Å². The third-order valence-corrected chi connectivity index (χ3v) is 11.1. The Kier molecular flexibility index (Phi) is 7.06. The van der Waals surface area contributed by atoms with Gasteiger partial charge in [-0.2, -0.15) is 0 Å². The third kappa shape index (κ3) is 4.06. The number of methoxy groups -OCH3 is 1. The Morgan fingerprint density at radius 1 is 1.29 bits per heavy atom. The molecule has 0 saturated heterocycles. The molecule has 1 aliphatic heterocycles. The van der Waals surface area contributed by atoms with Gasteiger partial charge in [-0.1, -0.05) is 45.0 Å². The van der Waals surface area contributed by atoms with Crippen molar-refractivity contribution in [3.8, 4) is 0 Å². The van der Waals surface area contributed by atoms with Crippen molar-refractivity contribution in [1.29, 1.82) is 0 Å². The molecule has 5 rings (SSSR count). The van der Waals surface area contributed by atoms with Crippen LogP contribution < -0.4 is 10.8 Å². The number of amides is 1. The second-order valence-electron chi connectivity index (χ2n) is 12.7. The molecule has 3 aliphatic carbocycles. The molecule has 1 aromatic rings. The van der Waals surface area contributed by atoms with Crippen LogP contribution in [0.2, 0.25) is 0 Å². The molecule has 0 aromatic heterocycles. The molecule has 7 nitrogen and oxygen atoms in total. The van der Waals surface area contributed by atoms with Crippen molar-refractivity contribution in [3.63, 3.8) is 0 Å². The van der Waals surface area contributed by atoms with E-state index in [1.165, 1.54) is 0 Å². The highest BCUT2D eigenvalue weighted by atomic mass is 16.6. The van der Waals surface area contributed by atoms with Crippen LogP contribution in [-0.4, -0.2) is 43.3 Å². The smallest absolute Gasteiger partial charge is 0.446 e. The van der Waals surface area contributed by atoms with Crippen LogP contribution in [0.5, 0.6) is 0 Å². The van der Waals surface area contributed by atoms with Crippen molar-refractivity contribution in [3.05, 3.63) is 42.0 Å². The van der Waals surface area contributed by atoms with Crippen molar-refractivity contribution in [1.82, 2.24) is 5.32 Å². The molecule has 8 heteroatoms. The lowest BCUT2D eigenvalue weighted by atomic mass is 9.44. The molecule has 3 saturated carbocycles. The molecule has 0 unspecified atom stereocenters. The number of rotatable bonds is 5. The van der Waals surface area contributed by atoms with Crippen molar-refractivity contribution in [2.75, 3.05) is 7.11 Å². The zero-order valence-electron chi connectivity index (χ0n) is 23.4. The summed E-state index contributed by atoms with van der Waals surface area (Å²) in [6.45, 7) is 13.3. The molecule has 8 atom stereocenters. The average molecular weight is 523 g/mol. The summed E-state index contributed by atoms with van der Waals surface area (Å²) in [7, 11) is 0.838. The normalized spacial score (nSPS) is 40.1. The monoisotopic (exact) mass is 523 g/mol. The Hall–Kier alpha value is -2.16. The first kappa shape index (κ1) is 27.4. The van der Waals surface area contributed by atoms with Gasteiger partial charge in [0.2, 0.25) is 0 Å². The molecule has 38 heavy (non-hydrogen) atoms. The number of Topliss-reactive ketones (excluding diaryl/α,β-unsaturated/α-hetero) is 1. The van der Waals surface area contributed by atoms with Crippen molar-refractivity contribution >= 4 is 24.5 Å². The number of fused-ring (bicyclic) bond motifs is 1. The molecule has 1 aromatic carbocycles. The number of nitrogens with one attached hydrogen (secondary N) is 1. The van der Waals surface area contributed by atoms with E-state index in [2.05, 4.69) is 32.7 Å². The standard InChI is InChI=1S/C30H42BNO6/c1-7-28(4)15-24(38-27(34)32-16-20-8-9-21-17-37-31(35)22(21)14-20)29(5)18(2)10-12-30(19(3)26(28)33)13-11-23(36-6)25(29)30/h7-9,14,18-19,23-25,35H,1,10-13,15-17H2,2-6H3,(H,32,34)/t18-,19+,23-,24-,25-,28-,29+,30+/m1/s1. The topological polar surface area (TPSA) is 94.1 Å². The third-order valence-electron chi connectivity index (χ3n) is 11.1. The Bertz CT molecular complexity index is 1130. The maximum absolute atomic E-state index is 14.0. The maximum Gasteiger partial charge on any atom is 0.491 e. The Balaban J connectivity index is 1.44. The van der Waals surface area contributed by atoms with Crippen molar-refractivity contribution < 1.29 is 28.7 Å². The lowest BCUT2D eigenvalue weighted by Gasteiger charge is -2.61. The first-order valence-electron chi connectivity index (χ1n) is 14.1. The predicted octanol–water partition coefficient (Wildman–Crippen LogP) is 4.15. The summed E-state index contributed by atoms with van der Waals surface area (Å²) in [6, 6.07) is 5.70. The first-order chi connectivity index (χ1) is 18.0. The second-order valence-corrected chi connectivity index (χ2v) is 12.7. The van der Waals surface area contributed by atoms with E-state index in [0.29, 0.717) is 18.9 Å². The van der Waals surface area contributed by atoms with Crippen LogP contribution in [0.1, 0.15) is 70.9 Å². The van der Waals surface area contributed by atoms with Gasteiger partial charge in [-0.05, 0) is 60.5 Å². The fourth-order valence-electron chi connectivity index (χ4n) is 8.51. The minimum absolute atomic E-state index is 0.0281. The number of hydrogen-bond acceptors (Lipinski definition) is 6. The lowest BCUT2D eigenvalue weighted by Crippen LogP contribution is -2.63. The highest BCUT2D eigenvalue weighted by Crippen LogP contribution is 2.68. The fraction of sp³-hybridized carbons (Fsp3) is 0.667. The highest BCUT2D eigenvalue weighted by Gasteiger charge is 2.68. The van der Waals surface area contributed by atoms with Gasteiger partial charge < -0.3 is 24.5 Å². The van der Waals surface area contributed by atoms with Crippen LogP contribution in [0.25, 0.3) is 0 Å². The van der Waals surface area contributed by atoms with Crippen molar-refractivity contribution in [2.45, 2.75) is 85.2 Å². The molecule has 1 heterocycles. The van der Waals surface area contributed by atoms with Gasteiger partial charge in [-0.25, -0.2) is 4.79 Å². The molecule has 0 radical (unpaired) electrons. The molecule has 2 bridgehead atoms. The first-order valence-corrected chi connectivity index (χ1v) is 14.1. The average Bonchev–Trinajstić information content (AvgIpc) is 3.49. The summed E-state index contributed by atoms with van der Waals surface area (Å²) < 4.78 is 17.7. The van der Waals surface area contributed by atoms with Gasteiger partial charge in [0.05, 0.1) is 12.7 Å². The zero-order chi connectivity index (χ0) is 27.5. The molecule has 4 aliphatic rings. The van der Waals surface area contributed by atoms with Crippen LogP contribution in [0.3, 0.4) is 0 Å². The van der Waals surface area contributed by atoms with Crippen LogP contribution in [0, 0.1) is 34.0 Å². The van der Waals surface area contributed by atoms with E-state index in [0.717, 1.165) is 42.3 Å².